The van der Waals surface area contributed by atoms with Crippen LogP contribution in [0.2, 0.25) is 0 Å². The first-order valence-corrected chi connectivity index (χ1v) is 8.82. The molecule has 7 heteroatoms. The van der Waals surface area contributed by atoms with Crippen molar-refractivity contribution >= 4 is 27.5 Å². The van der Waals surface area contributed by atoms with Crippen LogP contribution in [-0.2, 0) is 4.79 Å². The second kappa shape index (κ2) is 9.78. The smallest absolute Gasteiger partial charge is 0.264 e. The summed E-state index contributed by atoms with van der Waals surface area (Å²) in [6, 6.07) is 13.3. The standard InChI is InChI=1S/C19H18BrFN2O3/c1-2-25-16-7-5-15(6-8-16)23(11-3-10-22)19(24)13-26-18-9-4-14(20)12-17(18)21/h4-9,12H,2-3,11,13H2,1H3. The number of hydrogen-bond donors (Lipinski definition) is 0. The van der Waals surface area contributed by atoms with Crippen LogP contribution in [0, 0.1) is 17.1 Å². The summed E-state index contributed by atoms with van der Waals surface area (Å²) < 4.78 is 25.1. The van der Waals surface area contributed by atoms with Gasteiger partial charge in [-0.2, -0.15) is 5.26 Å². The minimum Gasteiger partial charge on any atom is -0.494 e. The van der Waals surface area contributed by atoms with Crippen molar-refractivity contribution in [3.8, 4) is 17.6 Å². The van der Waals surface area contributed by atoms with Crippen LogP contribution in [0.4, 0.5) is 10.1 Å². The zero-order valence-electron chi connectivity index (χ0n) is 14.2. The molecule has 0 unspecified atom stereocenters. The van der Waals surface area contributed by atoms with Crippen molar-refractivity contribution in [3.05, 3.63) is 52.8 Å². The van der Waals surface area contributed by atoms with Gasteiger partial charge in [0.25, 0.3) is 5.91 Å². The highest BCUT2D eigenvalue weighted by atomic mass is 79.9. The Hall–Kier alpha value is -2.59. The van der Waals surface area contributed by atoms with E-state index < -0.39 is 5.82 Å². The van der Waals surface area contributed by atoms with Gasteiger partial charge in [0.15, 0.2) is 18.2 Å². The van der Waals surface area contributed by atoms with Crippen LogP contribution in [0.1, 0.15) is 13.3 Å². The van der Waals surface area contributed by atoms with Gasteiger partial charge in [0.1, 0.15) is 5.75 Å². The SMILES string of the molecule is CCOc1ccc(N(CCC#N)C(=O)COc2ccc(Br)cc2F)cc1. The maximum atomic E-state index is 13.8. The number of nitrogens with zero attached hydrogens (tertiary/aromatic N) is 2. The molecule has 2 aromatic carbocycles. The average molecular weight is 421 g/mol. The number of nitriles is 1. The molecule has 0 fully saturated rings. The van der Waals surface area contributed by atoms with Crippen LogP contribution < -0.4 is 14.4 Å². The summed E-state index contributed by atoms with van der Waals surface area (Å²) in [6.45, 7) is 2.31. The van der Waals surface area contributed by atoms with Crippen LogP contribution >= 0.6 is 15.9 Å². The second-order valence-electron chi connectivity index (χ2n) is 5.24. The lowest BCUT2D eigenvalue weighted by atomic mass is 10.2. The van der Waals surface area contributed by atoms with Crippen molar-refractivity contribution in [2.24, 2.45) is 0 Å². The zero-order chi connectivity index (χ0) is 18.9. The van der Waals surface area contributed by atoms with E-state index in [0.717, 1.165) is 0 Å². The van der Waals surface area contributed by atoms with Gasteiger partial charge < -0.3 is 14.4 Å². The van der Waals surface area contributed by atoms with Crippen molar-refractivity contribution in [1.82, 2.24) is 0 Å². The molecule has 0 bridgehead atoms. The first kappa shape index (κ1) is 19.7. The lowest BCUT2D eigenvalue weighted by Gasteiger charge is -2.22. The fraction of sp³-hybridized carbons (Fsp3) is 0.263. The number of benzene rings is 2. The third-order valence-corrected chi connectivity index (χ3v) is 3.95. The highest BCUT2D eigenvalue weighted by Gasteiger charge is 2.17. The number of carbonyl (C=O) groups excluding carboxylic acids is 1. The molecule has 26 heavy (non-hydrogen) atoms. The second-order valence-corrected chi connectivity index (χ2v) is 6.16. The lowest BCUT2D eigenvalue weighted by molar-refractivity contribution is -0.120. The van der Waals surface area contributed by atoms with Gasteiger partial charge in [-0.1, -0.05) is 15.9 Å². The lowest BCUT2D eigenvalue weighted by Crippen LogP contribution is -2.35. The van der Waals surface area contributed by atoms with E-state index >= 15 is 0 Å². The van der Waals surface area contributed by atoms with Crippen molar-refractivity contribution in [2.75, 3.05) is 24.7 Å². The Balaban J connectivity index is 2.09. The molecule has 2 aromatic rings. The summed E-state index contributed by atoms with van der Waals surface area (Å²) in [5.74, 6) is -0.242. The minimum atomic E-state index is -0.559. The highest BCUT2D eigenvalue weighted by molar-refractivity contribution is 9.10. The maximum Gasteiger partial charge on any atom is 0.264 e. The van der Waals surface area contributed by atoms with Gasteiger partial charge >= 0.3 is 0 Å². The molecule has 0 N–H and O–H groups in total. The first-order chi connectivity index (χ1) is 12.5. The molecule has 5 nitrogen and oxygen atoms in total. The third-order valence-electron chi connectivity index (χ3n) is 3.45. The molecule has 0 atom stereocenters. The number of halogens is 2. The molecule has 2 rings (SSSR count). The van der Waals surface area contributed by atoms with Crippen LogP contribution in [0.3, 0.4) is 0 Å². The van der Waals surface area contributed by atoms with E-state index in [2.05, 4.69) is 15.9 Å². The van der Waals surface area contributed by atoms with Crippen LogP contribution in [0.15, 0.2) is 46.9 Å². The Morgan fingerprint density at radius 2 is 1.96 bits per heavy atom. The molecule has 0 aromatic heterocycles. The van der Waals surface area contributed by atoms with Gasteiger partial charge in [-0.05, 0) is 49.4 Å². The number of amides is 1. The van der Waals surface area contributed by atoms with Gasteiger partial charge in [0, 0.05) is 16.7 Å². The summed E-state index contributed by atoms with van der Waals surface area (Å²) in [7, 11) is 0. The van der Waals surface area contributed by atoms with Gasteiger partial charge in [0.05, 0.1) is 19.1 Å². The Kier molecular flexibility index (Phi) is 7.42. The molecule has 0 aliphatic rings. The molecule has 0 aliphatic heterocycles. The monoisotopic (exact) mass is 420 g/mol. The quantitative estimate of drug-likeness (QED) is 0.637. The van der Waals surface area contributed by atoms with E-state index in [-0.39, 0.29) is 31.2 Å². The molecule has 1 amide bonds. The topological polar surface area (TPSA) is 62.6 Å². The van der Waals surface area contributed by atoms with Gasteiger partial charge in [-0.3, -0.25) is 4.79 Å². The van der Waals surface area contributed by atoms with E-state index in [4.69, 9.17) is 14.7 Å². The minimum absolute atomic E-state index is 0.00604. The Bertz CT molecular complexity index is 790. The number of anilines is 1. The van der Waals surface area contributed by atoms with Gasteiger partial charge in [-0.15, -0.1) is 0 Å². The van der Waals surface area contributed by atoms with E-state index in [0.29, 0.717) is 22.5 Å². The summed E-state index contributed by atoms with van der Waals surface area (Å²) in [5, 5.41) is 8.83. The van der Waals surface area contributed by atoms with E-state index in [1.165, 1.54) is 17.0 Å². The van der Waals surface area contributed by atoms with E-state index in [9.17, 15) is 9.18 Å². The Morgan fingerprint density at radius 1 is 1.23 bits per heavy atom. The number of ether oxygens (including phenoxy) is 2. The molecule has 0 heterocycles. The fourth-order valence-electron chi connectivity index (χ4n) is 2.26. The number of hydrogen-bond acceptors (Lipinski definition) is 4. The molecule has 0 saturated heterocycles. The summed E-state index contributed by atoms with van der Waals surface area (Å²) in [4.78, 5) is 14.0. The average Bonchev–Trinajstić information content (AvgIpc) is 2.63. The molecular weight excluding hydrogens is 403 g/mol. The first-order valence-electron chi connectivity index (χ1n) is 8.03. The molecular formula is C19H18BrFN2O3. The number of carbonyl (C=O) groups is 1. The van der Waals surface area contributed by atoms with Crippen molar-refractivity contribution in [3.63, 3.8) is 0 Å². The van der Waals surface area contributed by atoms with Crippen LogP contribution in [0.25, 0.3) is 0 Å². The van der Waals surface area contributed by atoms with Crippen molar-refractivity contribution in [1.29, 1.82) is 5.26 Å². The Labute approximate surface area is 160 Å². The number of rotatable bonds is 8. The van der Waals surface area contributed by atoms with Crippen molar-refractivity contribution in [2.45, 2.75) is 13.3 Å². The predicted molar refractivity (Wildman–Crippen MR) is 99.8 cm³/mol. The molecule has 0 saturated carbocycles. The fourth-order valence-corrected chi connectivity index (χ4v) is 2.59. The normalized spacial score (nSPS) is 10.1. The Morgan fingerprint density at radius 3 is 2.58 bits per heavy atom. The largest absolute Gasteiger partial charge is 0.494 e. The predicted octanol–water partition coefficient (Wildman–Crippen LogP) is 4.31. The van der Waals surface area contributed by atoms with Gasteiger partial charge in [0.2, 0.25) is 0 Å². The van der Waals surface area contributed by atoms with E-state index in [1.807, 2.05) is 13.0 Å². The summed E-state index contributed by atoms with van der Waals surface area (Å²) in [5.41, 5.74) is 0.619. The van der Waals surface area contributed by atoms with Crippen molar-refractivity contribution < 1.29 is 18.7 Å². The van der Waals surface area contributed by atoms with Crippen LogP contribution in [0.5, 0.6) is 11.5 Å². The summed E-state index contributed by atoms with van der Waals surface area (Å²) >= 11 is 3.16. The van der Waals surface area contributed by atoms with Gasteiger partial charge in [-0.25, -0.2) is 4.39 Å². The summed E-state index contributed by atoms with van der Waals surface area (Å²) in [6.07, 6.45) is 0.172. The van der Waals surface area contributed by atoms with Crippen LogP contribution in [-0.4, -0.2) is 25.7 Å². The zero-order valence-corrected chi connectivity index (χ0v) is 15.8. The highest BCUT2D eigenvalue weighted by Crippen LogP contribution is 2.23. The van der Waals surface area contributed by atoms with E-state index in [1.54, 1.807) is 30.3 Å². The maximum absolute atomic E-state index is 13.8. The molecule has 136 valence electrons. The molecule has 0 spiro atoms. The molecule has 0 aliphatic carbocycles. The third kappa shape index (κ3) is 5.46. The molecule has 0 radical (unpaired) electrons.